The van der Waals surface area contributed by atoms with E-state index in [1.165, 1.54) is 19.8 Å². The molecule has 4 rings (SSSR count). The number of carbonyl (C=O) groups is 2. The molecule has 8 nitrogen and oxygen atoms in total. The largest absolute Gasteiger partial charge is 0.493 e. The number of rotatable bonds is 12. The molecule has 3 aromatic carbocycles. The number of benzene rings is 3. The summed E-state index contributed by atoms with van der Waals surface area (Å²) in [4.78, 5) is 25.9. The molecule has 8 heteroatoms. The highest BCUT2D eigenvalue weighted by molar-refractivity contribution is 5.82. The first kappa shape index (κ1) is 27.8. The Bertz CT molecular complexity index is 1310. The number of aliphatic carboxylic acids is 1. The number of methoxy groups -OCH3 is 4. The van der Waals surface area contributed by atoms with E-state index in [2.05, 4.69) is 17.4 Å². The van der Waals surface area contributed by atoms with Gasteiger partial charge in [-0.2, -0.15) is 0 Å². The molecule has 0 aliphatic heterocycles. The molecule has 3 atom stereocenters. The summed E-state index contributed by atoms with van der Waals surface area (Å²) in [6.45, 7) is 0.510. The minimum atomic E-state index is -0.981. The summed E-state index contributed by atoms with van der Waals surface area (Å²) >= 11 is 0. The van der Waals surface area contributed by atoms with Crippen LogP contribution < -0.4 is 24.3 Å². The Balaban J connectivity index is 1.64. The van der Waals surface area contributed by atoms with Crippen LogP contribution >= 0.6 is 0 Å². The molecule has 206 valence electrons. The summed E-state index contributed by atoms with van der Waals surface area (Å²) in [6, 6.07) is 19.1. The number of hydrogen-bond acceptors (Lipinski definition) is 6. The van der Waals surface area contributed by atoms with Crippen LogP contribution in [-0.2, 0) is 16.0 Å². The van der Waals surface area contributed by atoms with E-state index in [1.807, 2.05) is 30.3 Å². The van der Waals surface area contributed by atoms with Crippen LogP contribution in [0.1, 0.15) is 46.9 Å². The van der Waals surface area contributed by atoms with Gasteiger partial charge in [0.1, 0.15) is 0 Å². The number of ether oxygens (including phenoxy) is 4. The normalized spacial score (nSPS) is 17.7. The van der Waals surface area contributed by atoms with Gasteiger partial charge in [0.05, 0.1) is 34.4 Å². The summed E-state index contributed by atoms with van der Waals surface area (Å²) in [5.41, 5.74) is 3.51. The highest BCUT2D eigenvalue weighted by atomic mass is 16.5. The first-order valence-electron chi connectivity index (χ1n) is 12.9. The molecule has 3 aromatic rings. The van der Waals surface area contributed by atoms with Crippen LogP contribution in [0.3, 0.4) is 0 Å². The van der Waals surface area contributed by atoms with Crippen molar-refractivity contribution < 1.29 is 33.6 Å². The molecular formula is C31H35NO7. The lowest BCUT2D eigenvalue weighted by atomic mass is 9.81. The molecule has 3 unspecified atom stereocenters. The lowest BCUT2D eigenvalue weighted by molar-refractivity contribution is -0.142. The summed E-state index contributed by atoms with van der Waals surface area (Å²) in [6.07, 6.45) is 1.68. The third kappa shape index (κ3) is 5.95. The Morgan fingerprint density at radius 2 is 1.41 bits per heavy atom. The zero-order valence-corrected chi connectivity index (χ0v) is 22.7. The average Bonchev–Trinajstić information content (AvgIpc) is 3.27. The van der Waals surface area contributed by atoms with Crippen molar-refractivity contribution >= 4 is 11.9 Å². The molecule has 0 fully saturated rings. The minimum absolute atomic E-state index is 0.0363. The third-order valence-corrected chi connectivity index (χ3v) is 7.38. The molecular weight excluding hydrogens is 498 g/mol. The van der Waals surface area contributed by atoms with Gasteiger partial charge < -0.3 is 29.4 Å². The van der Waals surface area contributed by atoms with Gasteiger partial charge in [0.15, 0.2) is 23.0 Å². The van der Waals surface area contributed by atoms with Crippen molar-refractivity contribution in [2.45, 2.75) is 31.1 Å². The molecule has 1 aliphatic carbocycles. The summed E-state index contributed by atoms with van der Waals surface area (Å²) < 4.78 is 22.0. The van der Waals surface area contributed by atoms with Gasteiger partial charge in [-0.1, -0.05) is 36.4 Å². The number of amides is 1. The molecule has 1 amide bonds. The Morgan fingerprint density at radius 1 is 0.795 bits per heavy atom. The van der Waals surface area contributed by atoms with Gasteiger partial charge >= 0.3 is 5.97 Å². The number of carboxylic acid groups (broad SMARTS) is 1. The van der Waals surface area contributed by atoms with Crippen LogP contribution in [0.15, 0.2) is 60.7 Å². The van der Waals surface area contributed by atoms with Crippen LogP contribution in [0, 0.1) is 5.92 Å². The predicted octanol–water partition coefficient (Wildman–Crippen LogP) is 4.79. The van der Waals surface area contributed by atoms with Crippen molar-refractivity contribution in [1.29, 1.82) is 0 Å². The molecule has 0 saturated heterocycles. The van der Waals surface area contributed by atoms with Crippen molar-refractivity contribution in [3.8, 4) is 23.0 Å². The van der Waals surface area contributed by atoms with Gasteiger partial charge in [0.25, 0.3) is 0 Å². The topological polar surface area (TPSA) is 103 Å². The molecule has 39 heavy (non-hydrogen) atoms. The van der Waals surface area contributed by atoms with Crippen molar-refractivity contribution in [2.24, 2.45) is 5.92 Å². The van der Waals surface area contributed by atoms with E-state index in [-0.39, 0.29) is 12.3 Å². The average molecular weight is 534 g/mol. The Kier molecular flexibility index (Phi) is 8.96. The molecule has 0 aromatic heterocycles. The van der Waals surface area contributed by atoms with E-state index in [4.69, 9.17) is 18.9 Å². The highest BCUT2D eigenvalue weighted by Gasteiger charge is 2.47. The van der Waals surface area contributed by atoms with Crippen LogP contribution in [0.4, 0.5) is 0 Å². The van der Waals surface area contributed by atoms with Crippen LogP contribution in [-0.4, -0.2) is 52.0 Å². The van der Waals surface area contributed by atoms with Crippen LogP contribution in [0.2, 0.25) is 0 Å². The van der Waals surface area contributed by atoms with Crippen molar-refractivity contribution in [3.63, 3.8) is 0 Å². The van der Waals surface area contributed by atoms with E-state index < -0.39 is 23.7 Å². The first-order chi connectivity index (χ1) is 18.9. The monoisotopic (exact) mass is 533 g/mol. The van der Waals surface area contributed by atoms with Gasteiger partial charge in [0, 0.05) is 24.8 Å². The fraction of sp³-hybridized carbons (Fsp3) is 0.355. The van der Waals surface area contributed by atoms with Crippen molar-refractivity contribution in [1.82, 2.24) is 5.32 Å². The maximum absolute atomic E-state index is 13.1. The lowest BCUT2D eigenvalue weighted by Gasteiger charge is -2.23. The Morgan fingerprint density at radius 3 is 2.03 bits per heavy atom. The van der Waals surface area contributed by atoms with Gasteiger partial charge in [0.2, 0.25) is 5.91 Å². The highest BCUT2D eigenvalue weighted by Crippen LogP contribution is 2.54. The lowest BCUT2D eigenvalue weighted by Crippen LogP contribution is -2.30. The second kappa shape index (κ2) is 12.6. The van der Waals surface area contributed by atoms with E-state index in [9.17, 15) is 14.7 Å². The molecule has 0 heterocycles. The number of nitrogens with one attached hydrogen (secondary N) is 1. The second-order valence-electron chi connectivity index (χ2n) is 9.54. The molecule has 0 radical (unpaired) electrons. The fourth-order valence-electron chi connectivity index (χ4n) is 5.54. The number of carbonyl (C=O) groups excluding carboxylic acids is 1. The molecule has 2 N–H and O–H groups in total. The van der Waals surface area contributed by atoms with Crippen molar-refractivity contribution in [2.75, 3.05) is 35.0 Å². The molecule has 0 spiro atoms. The number of hydrogen-bond donors (Lipinski definition) is 2. The first-order valence-corrected chi connectivity index (χ1v) is 12.9. The van der Waals surface area contributed by atoms with E-state index in [1.54, 1.807) is 32.4 Å². The van der Waals surface area contributed by atoms with Gasteiger partial charge in [-0.3, -0.25) is 9.59 Å². The van der Waals surface area contributed by atoms with Gasteiger partial charge in [-0.15, -0.1) is 0 Å². The third-order valence-electron chi connectivity index (χ3n) is 7.38. The molecule has 0 bridgehead atoms. The Hall–Kier alpha value is -4.20. The predicted molar refractivity (Wildman–Crippen MR) is 147 cm³/mol. The molecule has 1 aliphatic rings. The minimum Gasteiger partial charge on any atom is -0.493 e. The zero-order chi connectivity index (χ0) is 27.9. The number of carboxylic acids is 1. The van der Waals surface area contributed by atoms with E-state index >= 15 is 0 Å². The molecule has 0 saturated carbocycles. The van der Waals surface area contributed by atoms with Crippen molar-refractivity contribution in [3.05, 3.63) is 82.9 Å². The Labute approximate surface area is 228 Å². The quantitative estimate of drug-likeness (QED) is 0.323. The summed E-state index contributed by atoms with van der Waals surface area (Å²) in [5, 5.41) is 13.5. The van der Waals surface area contributed by atoms with E-state index in [0.717, 1.165) is 29.5 Å². The van der Waals surface area contributed by atoms with Crippen LogP contribution in [0.25, 0.3) is 0 Å². The summed E-state index contributed by atoms with van der Waals surface area (Å²) in [7, 11) is 6.17. The number of fused-ring (bicyclic) bond motifs is 1. The second-order valence-corrected chi connectivity index (χ2v) is 9.54. The van der Waals surface area contributed by atoms with E-state index in [0.29, 0.717) is 29.5 Å². The standard InChI is InChI=1S/C31H35NO7/c1-36-24-13-12-20(15-25(24)37-2)29-22-17-27(39-4)26(38-3)16-21(22)23(30(29)31(34)35)18-28(33)32-14-8-11-19-9-6-5-7-10-19/h5-7,9-10,12-13,15-17,23,29-30H,8,11,14,18H2,1-4H3,(H,32,33)(H,34,35). The zero-order valence-electron chi connectivity index (χ0n) is 22.7. The van der Waals surface area contributed by atoms with Gasteiger partial charge in [-0.25, -0.2) is 0 Å². The maximum atomic E-state index is 13.1. The smallest absolute Gasteiger partial charge is 0.308 e. The van der Waals surface area contributed by atoms with Gasteiger partial charge in [-0.05, 0) is 59.4 Å². The van der Waals surface area contributed by atoms with Crippen LogP contribution in [0.5, 0.6) is 23.0 Å². The number of aryl methyl sites for hydroxylation is 1. The fourth-order valence-corrected chi connectivity index (χ4v) is 5.54. The SMILES string of the molecule is COc1ccc(C2c3cc(OC)c(OC)cc3C(CC(=O)NCCCc3ccccc3)C2C(=O)O)cc1OC. The summed E-state index contributed by atoms with van der Waals surface area (Å²) in [5.74, 6) is -1.12. The maximum Gasteiger partial charge on any atom is 0.308 e.